The summed E-state index contributed by atoms with van der Waals surface area (Å²) in [5.74, 6) is 0.859. The first-order valence-electron chi connectivity index (χ1n) is 7.43. The Morgan fingerprint density at radius 2 is 1.73 bits per heavy atom. The van der Waals surface area contributed by atoms with Gasteiger partial charge in [-0.1, -0.05) is 54.6 Å². The van der Waals surface area contributed by atoms with E-state index >= 15 is 0 Å². The van der Waals surface area contributed by atoms with Crippen LogP contribution in [0.5, 0.6) is 5.75 Å². The molecule has 2 aromatic carbocycles. The van der Waals surface area contributed by atoms with Gasteiger partial charge in [0.15, 0.2) is 0 Å². The maximum absolute atomic E-state index is 8.00. The van der Waals surface area contributed by atoms with E-state index < -0.39 is 0 Å². The second-order valence-electron chi connectivity index (χ2n) is 5.41. The van der Waals surface area contributed by atoms with E-state index in [1.165, 1.54) is 16.7 Å². The average molecular weight is 289 g/mol. The van der Waals surface area contributed by atoms with Gasteiger partial charge in [0.2, 0.25) is 0 Å². The minimum Gasteiger partial charge on any atom is -0.497 e. The molecular weight excluding hydrogens is 270 g/mol. The lowest BCUT2D eigenvalue weighted by molar-refractivity contribution is 0.415. The normalized spacial score (nSPS) is 16.5. The van der Waals surface area contributed by atoms with Crippen LogP contribution in [0.3, 0.4) is 0 Å². The van der Waals surface area contributed by atoms with Crippen molar-refractivity contribution in [2.75, 3.05) is 7.11 Å². The summed E-state index contributed by atoms with van der Waals surface area (Å²) in [5, 5.41) is 8.00. The Morgan fingerprint density at radius 3 is 2.41 bits per heavy atom. The maximum atomic E-state index is 8.00. The molecule has 0 unspecified atom stereocenters. The van der Waals surface area contributed by atoms with Crippen molar-refractivity contribution in [3.63, 3.8) is 0 Å². The highest BCUT2D eigenvalue weighted by molar-refractivity contribution is 5.99. The highest BCUT2D eigenvalue weighted by atomic mass is 16.5. The number of hydrogen-bond acceptors (Lipinski definition) is 2. The van der Waals surface area contributed by atoms with Gasteiger partial charge < -0.3 is 10.1 Å². The molecule has 0 radical (unpaired) electrons. The number of rotatable bonds is 3. The third-order valence-corrected chi connectivity index (χ3v) is 3.84. The number of methoxy groups -OCH3 is 1. The van der Waals surface area contributed by atoms with Crippen molar-refractivity contribution in [3.05, 3.63) is 77.4 Å². The molecule has 3 rings (SSSR count). The molecule has 0 aliphatic heterocycles. The van der Waals surface area contributed by atoms with E-state index in [1.807, 2.05) is 30.3 Å². The van der Waals surface area contributed by atoms with Gasteiger partial charge in [0.25, 0.3) is 0 Å². The molecule has 0 bridgehead atoms. The number of allylic oxidation sites excluding steroid dienone is 3. The monoisotopic (exact) mass is 289 g/mol. The fourth-order valence-corrected chi connectivity index (χ4v) is 2.70. The fraction of sp³-hybridized carbons (Fsp3) is 0.150. The van der Waals surface area contributed by atoms with Crippen LogP contribution in [0.2, 0.25) is 0 Å². The lowest BCUT2D eigenvalue weighted by Gasteiger charge is -2.18. The lowest BCUT2D eigenvalue weighted by Crippen LogP contribution is -2.06. The molecule has 2 aromatic rings. The van der Waals surface area contributed by atoms with E-state index in [2.05, 4.69) is 36.4 Å². The molecule has 0 fully saturated rings. The second-order valence-corrected chi connectivity index (χ2v) is 5.41. The number of ether oxygens (including phenoxy) is 1. The molecular formula is C20H19NO. The summed E-state index contributed by atoms with van der Waals surface area (Å²) < 4.78 is 5.20. The first-order chi connectivity index (χ1) is 10.8. The van der Waals surface area contributed by atoms with E-state index in [9.17, 15) is 0 Å². The van der Waals surface area contributed by atoms with Gasteiger partial charge in [-0.2, -0.15) is 0 Å². The number of benzene rings is 2. The Morgan fingerprint density at radius 1 is 1.00 bits per heavy atom. The highest BCUT2D eigenvalue weighted by Gasteiger charge is 2.15. The van der Waals surface area contributed by atoms with Gasteiger partial charge in [-0.15, -0.1) is 0 Å². The van der Waals surface area contributed by atoms with Gasteiger partial charge >= 0.3 is 0 Å². The second kappa shape index (κ2) is 6.44. The zero-order valence-corrected chi connectivity index (χ0v) is 12.7. The zero-order valence-electron chi connectivity index (χ0n) is 12.7. The van der Waals surface area contributed by atoms with Crippen LogP contribution in [0.15, 0.2) is 66.2 Å². The Hall–Kier alpha value is -2.61. The summed E-state index contributed by atoms with van der Waals surface area (Å²) in [6, 6.07) is 18.4. The third kappa shape index (κ3) is 3.17. The van der Waals surface area contributed by atoms with Crippen LogP contribution in [0.1, 0.15) is 24.0 Å². The molecule has 0 spiro atoms. The molecule has 110 valence electrons. The summed E-state index contributed by atoms with van der Waals surface area (Å²) in [5.41, 5.74) is 5.56. The van der Waals surface area contributed by atoms with Crippen LogP contribution >= 0.6 is 0 Å². The quantitative estimate of drug-likeness (QED) is 0.849. The van der Waals surface area contributed by atoms with E-state index in [0.717, 1.165) is 23.4 Å². The van der Waals surface area contributed by atoms with Crippen molar-refractivity contribution in [2.24, 2.45) is 0 Å². The summed E-state index contributed by atoms with van der Waals surface area (Å²) in [6.45, 7) is 0. The number of nitrogens with one attached hydrogen (secondary N) is 1. The van der Waals surface area contributed by atoms with Gasteiger partial charge in [-0.05, 0) is 34.4 Å². The van der Waals surface area contributed by atoms with Crippen LogP contribution < -0.4 is 4.74 Å². The molecule has 1 aliphatic carbocycles. The Balaban J connectivity index is 1.97. The summed E-state index contributed by atoms with van der Waals surface area (Å²) >= 11 is 0. The first-order valence-corrected chi connectivity index (χ1v) is 7.43. The maximum Gasteiger partial charge on any atom is 0.118 e. The van der Waals surface area contributed by atoms with Crippen LogP contribution in [0.25, 0.3) is 11.6 Å². The molecule has 0 saturated heterocycles. The summed E-state index contributed by atoms with van der Waals surface area (Å²) in [4.78, 5) is 0. The van der Waals surface area contributed by atoms with E-state index in [0.29, 0.717) is 6.42 Å². The number of hydrogen-bond donors (Lipinski definition) is 1. The fourth-order valence-electron chi connectivity index (χ4n) is 2.70. The highest BCUT2D eigenvalue weighted by Crippen LogP contribution is 2.32. The molecule has 0 atom stereocenters. The first kappa shape index (κ1) is 14.3. The van der Waals surface area contributed by atoms with Gasteiger partial charge in [0.1, 0.15) is 5.75 Å². The largest absolute Gasteiger partial charge is 0.497 e. The van der Waals surface area contributed by atoms with Crippen LogP contribution in [0.4, 0.5) is 0 Å². The van der Waals surface area contributed by atoms with Gasteiger partial charge in [0.05, 0.1) is 7.11 Å². The Bertz CT molecular complexity index is 724. The van der Waals surface area contributed by atoms with Crippen molar-refractivity contribution in [2.45, 2.75) is 12.8 Å². The molecule has 1 aliphatic rings. The van der Waals surface area contributed by atoms with Crippen molar-refractivity contribution < 1.29 is 4.74 Å². The van der Waals surface area contributed by atoms with Gasteiger partial charge in [-0.25, -0.2) is 0 Å². The molecule has 22 heavy (non-hydrogen) atoms. The van der Waals surface area contributed by atoms with Crippen molar-refractivity contribution in [1.29, 1.82) is 5.41 Å². The average Bonchev–Trinajstić information content (AvgIpc) is 2.56. The molecule has 1 N–H and O–H groups in total. The van der Waals surface area contributed by atoms with Crippen LogP contribution in [-0.2, 0) is 0 Å². The van der Waals surface area contributed by atoms with Gasteiger partial charge in [0, 0.05) is 18.6 Å². The van der Waals surface area contributed by atoms with E-state index in [-0.39, 0.29) is 0 Å². The topological polar surface area (TPSA) is 33.1 Å². The standard InChI is InChI=1S/C20H19NO/c1-22-19-10-7-15(8-11-19)13-17-14-18(21)9-12-20(17)16-5-3-2-4-6-16/h2-8,10-13,21H,9,14H2,1H3. The van der Waals surface area contributed by atoms with Crippen LogP contribution in [-0.4, -0.2) is 12.8 Å². The van der Waals surface area contributed by atoms with E-state index in [4.69, 9.17) is 10.1 Å². The third-order valence-electron chi connectivity index (χ3n) is 3.84. The van der Waals surface area contributed by atoms with Crippen molar-refractivity contribution in [1.82, 2.24) is 0 Å². The van der Waals surface area contributed by atoms with Crippen molar-refractivity contribution >= 4 is 17.4 Å². The van der Waals surface area contributed by atoms with E-state index in [1.54, 1.807) is 7.11 Å². The van der Waals surface area contributed by atoms with Gasteiger partial charge in [-0.3, -0.25) is 0 Å². The summed E-state index contributed by atoms with van der Waals surface area (Å²) in [6.07, 6.45) is 5.79. The Kier molecular flexibility index (Phi) is 4.19. The molecule has 0 aromatic heterocycles. The molecule has 0 heterocycles. The minimum absolute atomic E-state index is 0.715. The molecule has 2 heteroatoms. The zero-order chi connectivity index (χ0) is 15.4. The predicted octanol–water partition coefficient (Wildman–Crippen LogP) is 4.98. The van der Waals surface area contributed by atoms with Crippen molar-refractivity contribution in [3.8, 4) is 5.75 Å². The Labute approximate surface area is 131 Å². The molecule has 0 amide bonds. The summed E-state index contributed by atoms with van der Waals surface area (Å²) in [7, 11) is 1.67. The SMILES string of the molecule is COc1ccc(C=C2CC(=N)CC=C2c2ccccc2)cc1. The smallest absolute Gasteiger partial charge is 0.118 e. The van der Waals surface area contributed by atoms with Crippen LogP contribution in [0, 0.1) is 5.41 Å². The molecule has 2 nitrogen and oxygen atoms in total. The minimum atomic E-state index is 0.715. The predicted molar refractivity (Wildman–Crippen MR) is 92.4 cm³/mol. The lowest BCUT2D eigenvalue weighted by atomic mass is 9.86. The molecule has 0 saturated carbocycles.